The van der Waals surface area contributed by atoms with E-state index in [4.69, 9.17) is 10.5 Å². The van der Waals surface area contributed by atoms with Gasteiger partial charge in [-0.1, -0.05) is 26.0 Å². The molecule has 0 bridgehead atoms. The minimum absolute atomic E-state index is 0.507. The van der Waals surface area contributed by atoms with Crippen LogP contribution in [0.25, 0.3) is 0 Å². The molecule has 0 atom stereocenters. The Morgan fingerprint density at radius 1 is 1.25 bits per heavy atom. The molecule has 0 spiro atoms. The number of hydrogen-bond acceptors (Lipinski definition) is 2. The maximum absolute atomic E-state index is 5.49. The molecule has 0 aliphatic heterocycles. The first kappa shape index (κ1) is 13.0. The zero-order valence-corrected chi connectivity index (χ0v) is 10.6. The molecule has 0 unspecified atom stereocenters. The first-order valence-corrected chi connectivity index (χ1v) is 6.06. The third-order valence-electron chi connectivity index (χ3n) is 2.84. The van der Waals surface area contributed by atoms with E-state index in [1.165, 1.54) is 11.1 Å². The largest absolute Gasteiger partial charge is 0.496 e. The van der Waals surface area contributed by atoms with Crippen LogP contribution in [-0.2, 0) is 6.42 Å². The number of hydrogen-bond donors (Lipinski definition) is 1. The Kier molecular flexibility index (Phi) is 5.33. The monoisotopic (exact) mass is 221 g/mol. The van der Waals surface area contributed by atoms with E-state index in [0.717, 1.165) is 31.6 Å². The topological polar surface area (TPSA) is 35.2 Å². The van der Waals surface area contributed by atoms with Crippen molar-refractivity contribution in [3.05, 3.63) is 29.3 Å². The highest BCUT2D eigenvalue weighted by Gasteiger charge is 2.07. The van der Waals surface area contributed by atoms with Crippen molar-refractivity contribution in [2.24, 2.45) is 5.73 Å². The van der Waals surface area contributed by atoms with Gasteiger partial charge < -0.3 is 10.5 Å². The van der Waals surface area contributed by atoms with Crippen molar-refractivity contribution in [3.8, 4) is 5.75 Å². The van der Waals surface area contributed by atoms with E-state index in [2.05, 4.69) is 32.0 Å². The van der Waals surface area contributed by atoms with E-state index < -0.39 is 0 Å². The Balaban J connectivity index is 2.74. The lowest BCUT2D eigenvalue weighted by atomic mass is 9.98. The van der Waals surface area contributed by atoms with Gasteiger partial charge in [-0.15, -0.1) is 0 Å². The molecule has 0 aliphatic rings. The third kappa shape index (κ3) is 3.53. The van der Waals surface area contributed by atoms with Crippen molar-refractivity contribution in [1.82, 2.24) is 0 Å². The molecule has 0 aliphatic carbocycles. The third-order valence-corrected chi connectivity index (χ3v) is 2.84. The van der Waals surface area contributed by atoms with Gasteiger partial charge >= 0.3 is 0 Å². The molecule has 90 valence electrons. The normalized spacial score (nSPS) is 10.8. The van der Waals surface area contributed by atoms with Gasteiger partial charge in [-0.3, -0.25) is 0 Å². The van der Waals surface area contributed by atoms with Crippen LogP contribution in [-0.4, -0.2) is 13.7 Å². The number of aryl methyl sites for hydroxylation is 1. The SMILES string of the molecule is COc1cc(CCCCN)ccc1C(C)C. The zero-order chi connectivity index (χ0) is 12.0. The summed E-state index contributed by atoms with van der Waals surface area (Å²) in [6.45, 7) is 5.15. The van der Waals surface area contributed by atoms with Crippen molar-refractivity contribution in [2.45, 2.75) is 39.0 Å². The molecule has 1 aromatic carbocycles. The van der Waals surface area contributed by atoms with Gasteiger partial charge in [0.05, 0.1) is 7.11 Å². The van der Waals surface area contributed by atoms with Gasteiger partial charge in [-0.05, 0) is 48.9 Å². The van der Waals surface area contributed by atoms with Crippen molar-refractivity contribution in [2.75, 3.05) is 13.7 Å². The van der Waals surface area contributed by atoms with Gasteiger partial charge in [0, 0.05) is 0 Å². The Bertz CT molecular complexity index is 321. The zero-order valence-electron chi connectivity index (χ0n) is 10.6. The molecule has 0 aromatic heterocycles. The highest BCUT2D eigenvalue weighted by atomic mass is 16.5. The lowest BCUT2D eigenvalue weighted by molar-refractivity contribution is 0.407. The number of rotatable bonds is 6. The molecule has 2 N–H and O–H groups in total. The minimum atomic E-state index is 0.507. The first-order valence-electron chi connectivity index (χ1n) is 6.06. The molecule has 0 amide bonds. The fourth-order valence-electron chi connectivity index (χ4n) is 1.86. The second kappa shape index (κ2) is 6.54. The Labute approximate surface area is 98.8 Å². The quantitative estimate of drug-likeness (QED) is 0.749. The molecule has 0 radical (unpaired) electrons. The predicted molar refractivity (Wildman–Crippen MR) is 69.1 cm³/mol. The standard InChI is InChI=1S/C14H23NO/c1-11(2)13-8-7-12(6-4-5-9-15)10-14(13)16-3/h7-8,10-11H,4-6,9,15H2,1-3H3. The van der Waals surface area contributed by atoms with E-state index in [1.54, 1.807) is 7.11 Å². The van der Waals surface area contributed by atoms with Crippen molar-refractivity contribution in [3.63, 3.8) is 0 Å². The summed E-state index contributed by atoms with van der Waals surface area (Å²) in [5.41, 5.74) is 8.11. The first-order chi connectivity index (χ1) is 7.69. The summed E-state index contributed by atoms with van der Waals surface area (Å²) in [6.07, 6.45) is 3.33. The van der Waals surface area contributed by atoms with Crippen LogP contribution in [0.5, 0.6) is 5.75 Å². The predicted octanol–water partition coefficient (Wildman–Crippen LogP) is 3.10. The average molecular weight is 221 g/mol. The minimum Gasteiger partial charge on any atom is -0.496 e. The molecular weight excluding hydrogens is 198 g/mol. The number of unbranched alkanes of at least 4 members (excludes halogenated alkanes) is 1. The summed E-state index contributed by atoms with van der Waals surface area (Å²) in [5.74, 6) is 1.52. The summed E-state index contributed by atoms with van der Waals surface area (Å²) in [4.78, 5) is 0. The van der Waals surface area contributed by atoms with Crippen molar-refractivity contribution in [1.29, 1.82) is 0 Å². The van der Waals surface area contributed by atoms with Crippen LogP contribution in [0.3, 0.4) is 0 Å². The molecule has 1 rings (SSSR count). The molecular formula is C14H23NO. The van der Waals surface area contributed by atoms with E-state index >= 15 is 0 Å². The molecule has 2 heteroatoms. The second-order valence-electron chi connectivity index (χ2n) is 4.48. The number of benzene rings is 1. The second-order valence-corrected chi connectivity index (χ2v) is 4.48. The smallest absolute Gasteiger partial charge is 0.122 e. The molecule has 0 saturated carbocycles. The summed E-state index contributed by atoms with van der Waals surface area (Å²) in [6, 6.07) is 6.54. The van der Waals surface area contributed by atoms with Crippen LogP contribution in [0, 0.1) is 0 Å². The van der Waals surface area contributed by atoms with Gasteiger partial charge in [0.25, 0.3) is 0 Å². The Hall–Kier alpha value is -1.02. The van der Waals surface area contributed by atoms with E-state index in [9.17, 15) is 0 Å². The van der Waals surface area contributed by atoms with Gasteiger partial charge in [-0.2, -0.15) is 0 Å². The lowest BCUT2D eigenvalue weighted by Gasteiger charge is -2.13. The highest BCUT2D eigenvalue weighted by Crippen LogP contribution is 2.27. The fourth-order valence-corrected chi connectivity index (χ4v) is 1.86. The maximum Gasteiger partial charge on any atom is 0.122 e. The van der Waals surface area contributed by atoms with E-state index in [1.807, 2.05) is 0 Å². The molecule has 0 fully saturated rings. The number of methoxy groups -OCH3 is 1. The van der Waals surface area contributed by atoms with Crippen LogP contribution < -0.4 is 10.5 Å². The molecule has 0 heterocycles. The van der Waals surface area contributed by atoms with Gasteiger partial charge in [0.1, 0.15) is 5.75 Å². The van der Waals surface area contributed by atoms with E-state index in [0.29, 0.717) is 5.92 Å². The summed E-state index contributed by atoms with van der Waals surface area (Å²) < 4.78 is 5.43. The molecule has 16 heavy (non-hydrogen) atoms. The summed E-state index contributed by atoms with van der Waals surface area (Å²) in [5, 5.41) is 0. The van der Waals surface area contributed by atoms with Crippen molar-refractivity contribution >= 4 is 0 Å². The number of nitrogens with two attached hydrogens (primary N) is 1. The van der Waals surface area contributed by atoms with Crippen LogP contribution in [0.15, 0.2) is 18.2 Å². The van der Waals surface area contributed by atoms with Crippen LogP contribution in [0.2, 0.25) is 0 Å². The summed E-state index contributed by atoms with van der Waals surface area (Å²) in [7, 11) is 1.74. The summed E-state index contributed by atoms with van der Waals surface area (Å²) >= 11 is 0. The van der Waals surface area contributed by atoms with Crippen LogP contribution >= 0.6 is 0 Å². The van der Waals surface area contributed by atoms with Crippen molar-refractivity contribution < 1.29 is 4.74 Å². The van der Waals surface area contributed by atoms with Crippen LogP contribution in [0.1, 0.15) is 43.7 Å². The Morgan fingerprint density at radius 3 is 2.56 bits per heavy atom. The van der Waals surface area contributed by atoms with E-state index in [-0.39, 0.29) is 0 Å². The van der Waals surface area contributed by atoms with Gasteiger partial charge in [0.15, 0.2) is 0 Å². The maximum atomic E-state index is 5.49. The molecule has 1 aromatic rings. The fraction of sp³-hybridized carbons (Fsp3) is 0.571. The molecule has 0 saturated heterocycles. The van der Waals surface area contributed by atoms with Crippen LogP contribution in [0.4, 0.5) is 0 Å². The molecule has 2 nitrogen and oxygen atoms in total. The van der Waals surface area contributed by atoms with Gasteiger partial charge in [-0.25, -0.2) is 0 Å². The average Bonchev–Trinajstić information content (AvgIpc) is 2.29. The van der Waals surface area contributed by atoms with Gasteiger partial charge in [0.2, 0.25) is 0 Å². The number of ether oxygens (including phenoxy) is 1. The Morgan fingerprint density at radius 2 is 2.00 bits per heavy atom. The lowest BCUT2D eigenvalue weighted by Crippen LogP contribution is -2.00. The highest BCUT2D eigenvalue weighted by molar-refractivity contribution is 5.39.